The molecule has 1 heterocycles. The lowest BCUT2D eigenvalue weighted by Crippen LogP contribution is -2.37. The fourth-order valence-electron chi connectivity index (χ4n) is 2.55. The van der Waals surface area contributed by atoms with E-state index in [1.54, 1.807) is 38.0 Å². The number of hydrogen-bond donors (Lipinski definition) is 1. The molecule has 1 aliphatic rings. The number of hydrogen-bond acceptors (Lipinski definition) is 5. The van der Waals surface area contributed by atoms with Gasteiger partial charge in [-0.3, -0.25) is 0 Å². The second-order valence-corrected chi connectivity index (χ2v) is 6.69. The first kappa shape index (κ1) is 17.3. The van der Waals surface area contributed by atoms with Crippen LogP contribution in [0.3, 0.4) is 0 Å². The second-order valence-electron chi connectivity index (χ2n) is 6.69. The van der Waals surface area contributed by atoms with Gasteiger partial charge in [0.2, 0.25) is 0 Å². The highest BCUT2D eigenvalue weighted by atomic mass is 16.8. The van der Waals surface area contributed by atoms with Gasteiger partial charge < -0.3 is 14.7 Å². The molecule has 1 aromatic rings. The molecular formula is C17H23NO5. The van der Waals surface area contributed by atoms with Gasteiger partial charge >= 0.3 is 12.1 Å². The summed E-state index contributed by atoms with van der Waals surface area (Å²) in [4.78, 5) is 27.7. The van der Waals surface area contributed by atoms with Gasteiger partial charge in [0, 0.05) is 13.1 Å². The van der Waals surface area contributed by atoms with E-state index in [0.29, 0.717) is 24.6 Å². The standard InChI is InChI=1S/C17H23NO5/c1-17(2,3)22-16(21)23-18-10-8-13(9-11-18)12-4-6-14(7-5-12)15(19)20/h4-7,13H,8-11H2,1-3H3,(H,19,20). The number of carbonyl (C=O) groups excluding carboxylic acids is 1. The van der Waals surface area contributed by atoms with Crippen LogP contribution in [0.1, 0.15) is 55.5 Å². The third-order valence-corrected chi connectivity index (χ3v) is 3.68. The van der Waals surface area contributed by atoms with E-state index in [-0.39, 0.29) is 0 Å². The summed E-state index contributed by atoms with van der Waals surface area (Å²) in [6.07, 6.45) is 1.01. The summed E-state index contributed by atoms with van der Waals surface area (Å²) < 4.78 is 5.13. The number of nitrogens with zero attached hydrogens (tertiary/aromatic N) is 1. The van der Waals surface area contributed by atoms with Crippen LogP contribution >= 0.6 is 0 Å². The van der Waals surface area contributed by atoms with Crippen molar-refractivity contribution in [3.8, 4) is 0 Å². The molecule has 1 saturated heterocycles. The Bertz CT molecular complexity index is 553. The van der Waals surface area contributed by atoms with Crippen LogP contribution in [0.15, 0.2) is 24.3 Å². The minimum atomic E-state index is -0.919. The zero-order valence-electron chi connectivity index (χ0n) is 13.7. The zero-order valence-corrected chi connectivity index (χ0v) is 13.7. The van der Waals surface area contributed by atoms with Gasteiger partial charge in [-0.1, -0.05) is 12.1 Å². The van der Waals surface area contributed by atoms with Crippen LogP contribution in [-0.2, 0) is 9.57 Å². The van der Waals surface area contributed by atoms with Gasteiger partial charge in [-0.25, -0.2) is 9.59 Å². The summed E-state index contributed by atoms with van der Waals surface area (Å²) in [7, 11) is 0. The Balaban J connectivity index is 1.84. The van der Waals surface area contributed by atoms with Crippen LogP contribution in [0.25, 0.3) is 0 Å². The Morgan fingerprint density at radius 3 is 2.17 bits per heavy atom. The van der Waals surface area contributed by atoms with Crippen LogP contribution in [-0.4, -0.2) is 41.0 Å². The minimum Gasteiger partial charge on any atom is -0.478 e. The van der Waals surface area contributed by atoms with Crippen LogP contribution < -0.4 is 0 Å². The molecule has 6 heteroatoms. The molecule has 126 valence electrons. The van der Waals surface area contributed by atoms with E-state index in [1.807, 2.05) is 12.1 Å². The Morgan fingerprint density at radius 2 is 1.70 bits per heavy atom. The maximum atomic E-state index is 11.6. The maximum Gasteiger partial charge on any atom is 0.528 e. The van der Waals surface area contributed by atoms with Crippen molar-refractivity contribution in [2.45, 2.75) is 45.1 Å². The minimum absolute atomic E-state index is 0.291. The molecule has 23 heavy (non-hydrogen) atoms. The smallest absolute Gasteiger partial charge is 0.478 e. The number of carbonyl (C=O) groups is 2. The lowest BCUT2D eigenvalue weighted by atomic mass is 9.89. The van der Waals surface area contributed by atoms with Gasteiger partial charge in [-0.2, -0.15) is 0 Å². The first-order valence-corrected chi connectivity index (χ1v) is 7.74. The van der Waals surface area contributed by atoms with Crippen LogP contribution in [0.5, 0.6) is 0 Å². The highest BCUT2D eigenvalue weighted by Gasteiger charge is 2.25. The van der Waals surface area contributed by atoms with Gasteiger partial charge in [0.15, 0.2) is 0 Å². The van der Waals surface area contributed by atoms with Crippen LogP contribution in [0.2, 0.25) is 0 Å². The van der Waals surface area contributed by atoms with E-state index in [9.17, 15) is 9.59 Å². The lowest BCUT2D eigenvalue weighted by Gasteiger charge is -2.31. The van der Waals surface area contributed by atoms with Crippen molar-refractivity contribution < 1.29 is 24.3 Å². The summed E-state index contributed by atoms with van der Waals surface area (Å²) in [5.74, 6) is -0.575. The molecule has 0 amide bonds. The Labute approximate surface area is 135 Å². The second kappa shape index (κ2) is 7.00. The van der Waals surface area contributed by atoms with Crippen LogP contribution in [0, 0.1) is 0 Å². The van der Waals surface area contributed by atoms with Gasteiger partial charge in [0.25, 0.3) is 0 Å². The summed E-state index contributed by atoms with van der Waals surface area (Å²) in [6, 6.07) is 6.97. The van der Waals surface area contributed by atoms with Gasteiger partial charge in [-0.15, -0.1) is 5.06 Å². The highest BCUT2D eigenvalue weighted by Crippen LogP contribution is 2.28. The summed E-state index contributed by atoms with van der Waals surface area (Å²) >= 11 is 0. The van der Waals surface area contributed by atoms with E-state index in [0.717, 1.165) is 18.4 Å². The van der Waals surface area contributed by atoms with Crippen molar-refractivity contribution in [2.75, 3.05) is 13.1 Å². The van der Waals surface area contributed by atoms with Crippen molar-refractivity contribution in [1.82, 2.24) is 5.06 Å². The quantitative estimate of drug-likeness (QED) is 0.860. The lowest BCUT2D eigenvalue weighted by molar-refractivity contribution is -0.152. The topological polar surface area (TPSA) is 76.1 Å². The largest absolute Gasteiger partial charge is 0.528 e. The molecule has 2 rings (SSSR count). The molecule has 0 aliphatic carbocycles. The SMILES string of the molecule is CC(C)(C)OC(=O)ON1CCC(c2ccc(C(=O)O)cc2)CC1. The average Bonchev–Trinajstić information content (AvgIpc) is 2.46. The molecule has 1 fully saturated rings. The van der Waals surface area contributed by atoms with E-state index < -0.39 is 17.7 Å². The predicted octanol–water partition coefficient (Wildman–Crippen LogP) is 3.43. The number of aromatic carboxylic acids is 1. The fraction of sp³-hybridized carbons (Fsp3) is 0.529. The molecule has 0 unspecified atom stereocenters. The molecule has 0 radical (unpaired) electrons. The van der Waals surface area contributed by atoms with E-state index >= 15 is 0 Å². The fourth-order valence-corrected chi connectivity index (χ4v) is 2.55. The predicted molar refractivity (Wildman–Crippen MR) is 84.3 cm³/mol. The molecule has 1 aromatic carbocycles. The summed E-state index contributed by atoms with van der Waals surface area (Å²) in [6.45, 7) is 6.64. The Kier molecular flexibility index (Phi) is 5.26. The number of piperidine rings is 1. The van der Waals surface area contributed by atoms with E-state index in [2.05, 4.69) is 0 Å². The van der Waals surface area contributed by atoms with Crippen molar-refractivity contribution in [3.63, 3.8) is 0 Å². The number of ether oxygens (including phenoxy) is 1. The monoisotopic (exact) mass is 321 g/mol. The Hall–Kier alpha value is -2.08. The number of carboxylic acid groups (broad SMARTS) is 1. The maximum absolute atomic E-state index is 11.6. The first-order valence-electron chi connectivity index (χ1n) is 7.74. The van der Waals surface area contributed by atoms with Gasteiger partial charge in [-0.05, 0) is 57.2 Å². The van der Waals surface area contributed by atoms with Crippen LogP contribution in [0.4, 0.5) is 4.79 Å². The zero-order chi connectivity index (χ0) is 17.0. The molecular weight excluding hydrogens is 298 g/mol. The molecule has 0 bridgehead atoms. The summed E-state index contributed by atoms with van der Waals surface area (Å²) in [5.41, 5.74) is 0.841. The molecule has 1 N–H and O–H groups in total. The van der Waals surface area contributed by atoms with Crippen molar-refractivity contribution in [3.05, 3.63) is 35.4 Å². The number of carboxylic acids is 1. The molecule has 0 aromatic heterocycles. The Morgan fingerprint density at radius 1 is 1.13 bits per heavy atom. The number of hydroxylamine groups is 2. The number of rotatable bonds is 3. The van der Waals surface area contributed by atoms with E-state index in [1.165, 1.54) is 0 Å². The van der Waals surface area contributed by atoms with Crippen molar-refractivity contribution >= 4 is 12.1 Å². The summed E-state index contributed by atoms with van der Waals surface area (Å²) in [5, 5.41) is 10.5. The molecule has 0 spiro atoms. The third-order valence-electron chi connectivity index (χ3n) is 3.68. The van der Waals surface area contributed by atoms with Crippen molar-refractivity contribution in [2.24, 2.45) is 0 Å². The normalized spacial score (nSPS) is 16.8. The first-order chi connectivity index (χ1) is 10.7. The van der Waals surface area contributed by atoms with Crippen molar-refractivity contribution in [1.29, 1.82) is 0 Å². The van der Waals surface area contributed by atoms with Gasteiger partial charge in [0.05, 0.1) is 5.56 Å². The third kappa shape index (κ3) is 5.25. The molecule has 0 saturated carbocycles. The highest BCUT2D eigenvalue weighted by molar-refractivity contribution is 5.87. The van der Waals surface area contributed by atoms with E-state index in [4.69, 9.17) is 14.7 Å². The molecule has 0 atom stereocenters. The number of benzene rings is 1. The molecule has 1 aliphatic heterocycles. The molecule has 6 nitrogen and oxygen atoms in total. The average molecular weight is 321 g/mol. The van der Waals surface area contributed by atoms with Gasteiger partial charge in [0.1, 0.15) is 5.60 Å².